The van der Waals surface area contributed by atoms with Crippen LogP contribution in [0.25, 0.3) is 0 Å². The molecule has 1 aromatic carbocycles. The van der Waals surface area contributed by atoms with Crippen LogP contribution in [0.1, 0.15) is 12.8 Å². The normalized spacial score (nSPS) is 19.2. The summed E-state index contributed by atoms with van der Waals surface area (Å²) in [6, 6.07) is 0.873. The third-order valence-electron chi connectivity index (χ3n) is 3.79. The van der Waals surface area contributed by atoms with Crippen LogP contribution in [0.3, 0.4) is 0 Å². The van der Waals surface area contributed by atoms with E-state index in [9.17, 15) is 26.4 Å². The van der Waals surface area contributed by atoms with Crippen LogP contribution in [0.4, 0.5) is 13.2 Å². The summed E-state index contributed by atoms with van der Waals surface area (Å²) in [4.78, 5) is 11.3. The first kappa shape index (κ1) is 18.7. The zero-order chi connectivity index (χ0) is 17.9. The first-order valence-corrected chi connectivity index (χ1v) is 8.84. The number of hydrogen-bond acceptors (Lipinski definition) is 4. The Hall–Kier alpha value is -1.65. The summed E-state index contributed by atoms with van der Waals surface area (Å²) >= 11 is 0. The summed E-state index contributed by atoms with van der Waals surface area (Å²) in [7, 11) is -4.23. The van der Waals surface area contributed by atoms with Crippen molar-refractivity contribution >= 4 is 15.9 Å². The fourth-order valence-corrected chi connectivity index (χ4v) is 4.09. The molecule has 1 fully saturated rings. The molecular formula is C14H18F3N3O3S. The van der Waals surface area contributed by atoms with E-state index in [-0.39, 0.29) is 32.1 Å². The van der Waals surface area contributed by atoms with Gasteiger partial charge >= 0.3 is 0 Å². The van der Waals surface area contributed by atoms with Crippen LogP contribution in [0.2, 0.25) is 0 Å². The maximum atomic E-state index is 13.3. The molecule has 2 rings (SSSR count). The van der Waals surface area contributed by atoms with Crippen LogP contribution in [-0.4, -0.2) is 44.8 Å². The van der Waals surface area contributed by atoms with E-state index in [0.717, 1.165) is 4.31 Å². The number of amides is 1. The van der Waals surface area contributed by atoms with Gasteiger partial charge < -0.3 is 11.1 Å². The monoisotopic (exact) mass is 365 g/mol. The number of carbonyl (C=O) groups is 1. The minimum absolute atomic E-state index is 0.112. The molecule has 1 atom stereocenters. The highest BCUT2D eigenvalue weighted by Gasteiger charge is 2.34. The summed E-state index contributed by atoms with van der Waals surface area (Å²) in [6.45, 7) is 0.536. The summed E-state index contributed by atoms with van der Waals surface area (Å²) in [5, 5.41) is 2.58. The Balaban J connectivity index is 2.21. The highest BCUT2D eigenvalue weighted by Crippen LogP contribution is 2.26. The molecule has 0 aliphatic carbocycles. The lowest BCUT2D eigenvalue weighted by molar-refractivity contribution is -0.126. The van der Waals surface area contributed by atoms with Crippen molar-refractivity contribution in [1.82, 2.24) is 9.62 Å². The van der Waals surface area contributed by atoms with E-state index in [1.807, 2.05) is 0 Å². The summed E-state index contributed by atoms with van der Waals surface area (Å²) in [5.41, 5.74) is 5.30. The summed E-state index contributed by atoms with van der Waals surface area (Å²) < 4.78 is 65.6. The molecule has 134 valence electrons. The van der Waals surface area contributed by atoms with Gasteiger partial charge in [0.2, 0.25) is 15.9 Å². The van der Waals surface area contributed by atoms with Crippen molar-refractivity contribution in [3.05, 3.63) is 29.6 Å². The highest BCUT2D eigenvalue weighted by atomic mass is 32.2. The highest BCUT2D eigenvalue weighted by molar-refractivity contribution is 7.89. The van der Waals surface area contributed by atoms with Gasteiger partial charge in [-0.3, -0.25) is 4.79 Å². The number of nitrogens with one attached hydrogen (secondary N) is 1. The quantitative estimate of drug-likeness (QED) is 0.747. The number of nitrogens with zero attached hydrogens (tertiary/aromatic N) is 1. The van der Waals surface area contributed by atoms with Crippen molar-refractivity contribution in [2.75, 3.05) is 26.2 Å². The van der Waals surface area contributed by atoms with Gasteiger partial charge in [-0.2, -0.15) is 4.31 Å². The topological polar surface area (TPSA) is 92.5 Å². The van der Waals surface area contributed by atoms with Gasteiger partial charge in [-0.1, -0.05) is 0 Å². The molecule has 0 spiro atoms. The van der Waals surface area contributed by atoms with Crippen LogP contribution in [0, 0.1) is 23.4 Å². The Morgan fingerprint density at radius 3 is 2.50 bits per heavy atom. The third kappa shape index (κ3) is 3.87. The van der Waals surface area contributed by atoms with Crippen LogP contribution in [-0.2, 0) is 14.8 Å². The molecule has 0 saturated carbocycles. The average Bonchev–Trinajstić information content (AvgIpc) is 2.57. The number of sulfonamides is 1. The fourth-order valence-electron chi connectivity index (χ4n) is 2.54. The van der Waals surface area contributed by atoms with E-state index in [1.165, 1.54) is 0 Å². The number of rotatable bonds is 5. The molecule has 10 heteroatoms. The second-order valence-corrected chi connectivity index (χ2v) is 7.42. The minimum atomic E-state index is -4.23. The minimum Gasteiger partial charge on any atom is -0.355 e. The Bertz CT molecular complexity index is 704. The second kappa shape index (κ2) is 7.49. The second-order valence-electron chi connectivity index (χ2n) is 5.48. The Morgan fingerprint density at radius 2 is 1.92 bits per heavy atom. The summed E-state index contributed by atoms with van der Waals surface area (Å²) in [5.74, 6) is -5.79. The van der Waals surface area contributed by atoms with Crippen molar-refractivity contribution in [1.29, 1.82) is 0 Å². The molecule has 24 heavy (non-hydrogen) atoms. The van der Waals surface area contributed by atoms with Crippen LogP contribution in [0.5, 0.6) is 0 Å². The predicted octanol–water partition coefficient (Wildman–Crippen LogP) is 0.579. The molecule has 1 unspecified atom stereocenters. The smallest absolute Gasteiger partial charge is 0.243 e. The molecular weight excluding hydrogens is 347 g/mol. The van der Waals surface area contributed by atoms with Crippen LogP contribution < -0.4 is 11.1 Å². The lowest BCUT2D eigenvalue weighted by Crippen LogP contribution is -2.46. The molecule has 3 N–H and O–H groups in total. The molecule has 1 heterocycles. The largest absolute Gasteiger partial charge is 0.355 e. The van der Waals surface area contributed by atoms with Gasteiger partial charge in [0.1, 0.15) is 0 Å². The van der Waals surface area contributed by atoms with E-state index in [1.54, 1.807) is 0 Å². The molecule has 1 amide bonds. The zero-order valence-corrected chi connectivity index (χ0v) is 13.6. The van der Waals surface area contributed by atoms with Gasteiger partial charge in [0.15, 0.2) is 17.5 Å². The van der Waals surface area contributed by atoms with Crippen LogP contribution >= 0.6 is 0 Å². The third-order valence-corrected chi connectivity index (χ3v) is 5.64. The predicted molar refractivity (Wildman–Crippen MR) is 79.9 cm³/mol. The lowest BCUT2D eigenvalue weighted by atomic mass is 9.99. The van der Waals surface area contributed by atoms with Crippen molar-refractivity contribution in [3.63, 3.8) is 0 Å². The number of benzene rings is 1. The first-order chi connectivity index (χ1) is 11.3. The molecule has 0 bridgehead atoms. The van der Waals surface area contributed by atoms with E-state index in [2.05, 4.69) is 5.32 Å². The van der Waals surface area contributed by atoms with Crippen molar-refractivity contribution in [2.45, 2.75) is 17.7 Å². The van der Waals surface area contributed by atoms with Gasteiger partial charge in [0.25, 0.3) is 0 Å². The number of piperidine rings is 1. The van der Waals surface area contributed by atoms with E-state index < -0.39 is 38.3 Å². The Morgan fingerprint density at radius 1 is 1.29 bits per heavy atom. The summed E-state index contributed by atoms with van der Waals surface area (Å²) in [6.07, 6.45) is 0.917. The van der Waals surface area contributed by atoms with E-state index in [0.29, 0.717) is 25.0 Å². The number of hydrogen-bond donors (Lipinski definition) is 2. The van der Waals surface area contributed by atoms with E-state index in [4.69, 9.17) is 5.73 Å². The van der Waals surface area contributed by atoms with E-state index >= 15 is 0 Å². The molecule has 0 radical (unpaired) electrons. The van der Waals surface area contributed by atoms with Gasteiger partial charge in [-0.15, -0.1) is 0 Å². The Labute approximate surface area is 137 Å². The lowest BCUT2D eigenvalue weighted by Gasteiger charge is -2.31. The molecule has 1 saturated heterocycles. The molecule has 1 aliphatic rings. The standard InChI is InChI=1S/C14H18F3N3O3S/c15-11-6-10(7-12(16)13(11)17)24(22,23)20-5-1-2-9(8-20)14(21)19-4-3-18/h6-7,9H,1-5,8,18H2,(H,19,21). The maximum absolute atomic E-state index is 13.3. The van der Waals surface area contributed by atoms with Gasteiger partial charge in [-0.25, -0.2) is 21.6 Å². The van der Waals surface area contributed by atoms with Gasteiger partial charge in [0, 0.05) is 26.2 Å². The zero-order valence-electron chi connectivity index (χ0n) is 12.8. The first-order valence-electron chi connectivity index (χ1n) is 7.40. The molecule has 0 aromatic heterocycles. The van der Waals surface area contributed by atoms with Gasteiger partial charge in [0.05, 0.1) is 10.8 Å². The molecule has 1 aromatic rings. The molecule has 6 nitrogen and oxygen atoms in total. The average molecular weight is 365 g/mol. The number of carbonyl (C=O) groups excluding carboxylic acids is 1. The van der Waals surface area contributed by atoms with Crippen molar-refractivity contribution in [2.24, 2.45) is 11.7 Å². The number of halogens is 3. The maximum Gasteiger partial charge on any atom is 0.243 e. The SMILES string of the molecule is NCCNC(=O)C1CCCN(S(=O)(=O)c2cc(F)c(F)c(F)c2)C1. The van der Waals surface area contributed by atoms with Gasteiger partial charge in [-0.05, 0) is 25.0 Å². The number of nitrogens with two attached hydrogens (primary N) is 1. The van der Waals surface area contributed by atoms with Crippen LogP contribution in [0.15, 0.2) is 17.0 Å². The Kier molecular flexibility index (Phi) is 5.83. The molecule has 1 aliphatic heterocycles. The van der Waals surface area contributed by atoms with Crippen molar-refractivity contribution in [3.8, 4) is 0 Å². The fraction of sp³-hybridized carbons (Fsp3) is 0.500. The van der Waals surface area contributed by atoms with Crippen molar-refractivity contribution < 1.29 is 26.4 Å².